The largest absolute Gasteiger partial charge is 0.507 e. The summed E-state index contributed by atoms with van der Waals surface area (Å²) in [6.07, 6.45) is 8.52. The normalized spacial score (nSPS) is 12.9. The van der Waals surface area contributed by atoms with Gasteiger partial charge in [-0.2, -0.15) is 0 Å². The van der Waals surface area contributed by atoms with E-state index in [0.717, 1.165) is 30.5 Å². The van der Waals surface area contributed by atoms with Gasteiger partial charge in [0.15, 0.2) is 11.2 Å². The predicted octanol–water partition coefficient (Wildman–Crippen LogP) is 6.42. The molecule has 0 saturated carbocycles. The molecule has 2 aromatic carbocycles. The van der Waals surface area contributed by atoms with Crippen LogP contribution in [0.4, 0.5) is 0 Å². The lowest BCUT2D eigenvalue weighted by molar-refractivity contribution is 0.0660. The summed E-state index contributed by atoms with van der Waals surface area (Å²) in [6, 6.07) is 9.97. The minimum absolute atomic E-state index is 0.0272. The van der Waals surface area contributed by atoms with Gasteiger partial charge in [-0.3, -0.25) is 9.59 Å². The maximum Gasteiger partial charge on any atom is 0.371 e. The number of ketones is 1. The number of aliphatic hydroxyl groups excluding tert-OH is 1. The van der Waals surface area contributed by atoms with Gasteiger partial charge in [0.25, 0.3) is 0 Å². The van der Waals surface area contributed by atoms with Crippen LogP contribution in [0.2, 0.25) is 0 Å². The summed E-state index contributed by atoms with van der Waals surface area (Å²) in [5, 5.41) is 39.7. The van der Waals surface area contributed by atoms with Crippen LogP contribution >= 0.6 is 11.8 Å². The Labute approximate surface area is 267 Å². The van der Waals surface area contributed by atoms with Gasteiger partial charge in [0.2, 0.25) is 5.76 Å². The number of carbonyl (C=O) groups excluding carboxylic acids is 1. The van der Waals surface area contributed by atoms with E-state index in [2.05, 4.69) is 0 Å². The molecule has 0 bridgehead atoms. The van der Waals surface area contributed by atoms with Crippen LogP contribution in [0.15, 0.2) is 91.6 Å². The van der Waals surface area contributed by atoms with Gasteiger partial charge in [0, 0.05) is 16.5 Å². The second-order valence-corrected chi connectivity index (χ2v) is 11.5. The maximum absolute atomic E-state index is 12.3. The molecule has 0 radical (unpaired) electrons. The van der Waals surface area contributed by atoms with Crippen LogP contribution in [0.5, 0.6) is 11.5 Å². The molecule has 4 N–H and O–H groups in total. The number of Topliss-reactive ketones (excluding diaryl/α,β-unsaturated/α-hetero) is 1. The highest BCUT2D eigenvalue weighted by molar-refractivity contribution is 8.00. The van der Waals surface area contributed by atoms with E-state index >= 15 is 0 Å². The number of carboxylic acids is 2. The van der Waals surface area contributed by atoms with Crippen molar-refractivity contribution >= 4 is 40.5 Å². The first-order valence-electron chi connectivity index (χ1n) is 14.3. The third-order valence-electron chi connectivity index (χ3n) is 6.86. The molecule has 12 heteroatoms. The number of hydrogen-bond donors (Lipinski definition) is 4. The minimum Gasteiger partial charge on any atom is -0.507 e. The number of fused-ring (bicyclic) bond motifs is 1. The number of furan rings is 1. The first kappa shape index (κ1) is 33.8. The van der Waals surface area contributed by atoms with Gasteiger partial charge in [-0.25, -0.2) is 9.59 Å². The smallest absolute Gasteiger partial charge is 0.371 e. The number of allylic oxidation sites excluding steroid dienone is 2. The number of rotatable bonds is 15. The van der Waals surface area contributed by atoms with E-state index in [1.807, 2.05) is 13.0 Å². The first-order valence-corrected chi connectivity index (χ1v) is 15.2. The predicted molar refractivity (Wildman–Crippen MR) is 170 cm³/mol. The van der Waals surface area contributed by atoms with Gasteiger partial charge >= 0.3 is 11.9 Å². The van der Waals surface area contributed by atoms with E-state index in [4.69, 9.17) is 13.6 Å². The number of phenolic OH excluding ortho intramolecular Hbond substituents is 1. The quantitative estimate of drug-likeness (QED) is 0.0481. The van der Waals surface area contributed by atoms with Gasteiger partial charge in [-0.05, 0) is 56.2 Å². The highest BCUT2D eigenvalue weighted by Crippen LogP contribution is 2.36. The lowest BCUT2D eigenvalue weighted by atomic mass is 10.0. The number of hydrogen-bond acceptors (Lipinski definition) is 10. The SMILES string of the molecule is CCCc1c(OCC/C=C\C=C\[C@H](Sc2ccc3c(=O)cc(C(=O)O)oc3c2)[C@H](O)c2cc(C(=O)O)co2)ccc(C(C)=O)c1O. The average molecular weight is 649 g/mol. The second kappa shape index (κ2) is 15.3. The number of carboxylic acid groups (broad SMARTS) is 2. The molecular weight excluding hydrogens is 616 g/mol. The zero-order chi connectivity index (χ0) is 33.4. The molecule has 240 valence electrons. The monoisotopic (exact) mass is 648 g/mol. The molecule has 0 spiro atoms. The Hall–Kier alpha value is -5.07. The van der Waals surface area contributed by atoms with Gasteiger partial charge in [0.1, 0.15) is 35.2 Å². The zero-order valence-electron chi connectivity index (χ0n) is 25.0. The summed E-state index contributed by atoms with van der Waals surface area (Å²) >= 11 is 1.16. The number of aromatic hydroxyl groups is 1. The fraction of sp³-hybridized carbons (Fsp3) is 0.235. The van der Waals surface area contributed by atoms with E-state index in [9.17, 15) is 39.6 Å². The Kier molecular flexibility index (Phi) is 11.2. The van der Waals surface area contributed by atoms with Crippen molar-refractivity contribution in [3.05, 3.63) is 111 Å². The summed E-state index contributed by atoms with van der Waals surface area (Å²) in [7, 11) is 0. The van der Waals surface area contributed by atoms with Crippen molar-refractivity contribution in [3.8, 4) is 11.5 Å². The Morgan fingerprint density at radius 1 is 1.04 bits per heavy atom. The van der Waals surface area contributed by atoms with Gasteiger partial charge in [-0.1, -0.05) is 37.6 Å². The number of ether oxygens (including phenoxy) is 1. The number of phenols is 1. The Balaban J connectivity index is 1.50. The van der Waals surface area contributed by atoms with Crippen LogP contribution < -0.4 is 10.2 Å². The highest BCUT2D eigenvalue weighted by atomic mass is 32.2. The molecule has 0 aliphatic heterocycles. The highest BCUT2D eigenvalue weighted by Gasteiger charge is 2.25. The molecule has 0 amide bonds. The van der Waals surface area contributed by atoms with Crippen LogP contribution in [0.1, 0.15) is 75.4 Å². The minimum atomic E-state index is -1.39. The van der Waals surface area contributed by atoms with E-state index in [0.29, 0.717) is 35.7 Å². The number of aromatic carboxylic acids is 2. The molecule has 11 nitrogen and oxygen atoms in total. The van der Waals surface area contributed by atoms with Gasteiger partial charge in [0.05, 0.1) is 28.4 Å². The second-order valence-electron chi connectivity index (χ2n) is 10.2. The molecule has 2 heterocycles. The molecule has 2 atom stereocenters. The topological polar surface area (TPSA) is 185 Å². The van der Waals surface area contributed by atoms with E-state index in [1.54, 1.807) is 36.4 Å². The third-order valence-corrected chi connectivity index (χ3v) is 8.08. The van der Waals surface area contributed by atoms with E-state index in [-0.39, 0.29) is 39.4 Å². The van der Waals surface area contributed by atoms with Crippen LogP contribution in [-0.2, 0) is 6.42 Å². The lowest BCUT2D eigenvalue weighted by Crippen LogP contribution is -2.12. The molecule has 0 saturated heterocycles. The Morgan fingerprint density at radius 3 is 2.50 bits per heavy atom. The molecule has 0 aliphatic carbocycles. The van der Waals surface area contributed by atoms with Crippen LogP contribution in [0.25, 0.3) is 11.0 Å². The average Bonchev–Trinajstić information content (AvgIpc) is 3.52. The maximum atomic E-state index is 12.3. The van der Waals surface area contributed by atoms with E-state index in [1.165, 1.54) is 25.1 Å². The van der Waals surface area contributed by atoms with Crippen molar-refractivity contribution in [1.29, 1.82) is 0 Å². The standard InChI is InChI=1S/C34H32O11S/c1-3-8-24-26(13-12-22(19(2)35)31(24)37)43-14-7-5-4-6-9-30(32(38)28-15-20(18-44-28)33(39)40)46-21-10-11-23-25(36)17-29(34(41)42)45-27(23)16-21/h4-6,9-13,15-18,30,32,37-38H,3,7-8,14H2,1-2H3,(H,39,40)(H,41,42)/b5-4-,9-6+/t30-,32+/m0/s1. The lowest BCUT2D eigenvalue weighted by Gasteiger charge is -2.18. The summed E-state index contributed by atoms with van der Waals surface area (Å²) in [4.78, 5) is 47.4. The molecule has 4 aromatic rings. The molecule has 2 aromatic heterocycles. The zero-order valence-corrected chi connectivity index (χ0v) is 25.8. The number of aliphatic hydroxyl groups is 1. The Morgan fingerprint density at radius 2 is 1.83 bits per heavy atom. The number of thioether (sulfide) groups is 1. The fourth-order valence-electron chi connectivity index (χ4n) is 4.58. The number of carbonyl (C=O) groups is 3. The van der Waals surface area contributed by atoms with Gasteiger partial charge in [-0.15, -0.1) is 11.8 Å². The van der Waals surface area contributed by atoms with Crippen molar-refractivity contribution < 1.29 is 48.4 Å². The van der Waals surface area contributed by atoms with Crippen molar-refractivity contribution in [3.63, 3.8) is 0 Å². The van der Waals surface area contributed by atoms with Gasteiger partial charge < -0.3 is 34.0 Å². The molecular formula is C34H32O11S. The van der Waals surface area contributed by atoms with Crippen molar-refractivity contribution in [2.24, 2.45) is 0 Å². The summed E-state index contributed by atoms with van der Waals surface area (Å²) in [5.74, 6) is -2.86. The van der Waals surface area contributed by atoms with Crippen LogP contribution in [-0.4, -0.2) is 50.0 Å². The fourth-order valence-corrected chi connectivity index (χ4v) is 5.64. The molecule has 46 heavy (non-hydrogen) atoms. The summed E-state index contributed by atoms with van der Waals surface area (Å²) in [6.45, 7) is 3.65. The molecule has 0 fully saturated rings. The molecule has 0 aliphatic rings. The van der Waals surface area contributed by atoms with Crippen molar-refractivity contribution in [1.82, 2.24) is 0 Å². The third kappa shape index (κ3) is 8.14. The number of benzene rings is 2. The first-order chi connectivity index (χ1) is 22.0. The van der Waals surface area contributed by atoms with Crippen molar-refractivity contribution in [2.45, 2.75) is 49.4 Å². The molecule has 0 unspecified atom stereocenters. The summed E-state index contributed by atoms with van der Waals surface area (Å²) < 4.78 is 16.6. The Bertz CT molecular complexity index is 1860. The van der Waals surface area contributed by atoms with Crippen LogP contribution in [0, 0.1) is 0 Å². The van der Waals surface area contributed by atoms with Crippen molar-refractivity contribution in [2.75, 3.05) is 6.61 Å². The van der Waals surface area contributed by atoms with E-state index < -0.39 is 34.5 Å². The van der Waals surface area contributed by atoms with Crippen LogP contribution in [0.3, 0.4) is 0 Å². The molecule has 4 rings (SSSR count). The summed E-state index contributed by atoms with van der Waals surface area (Å²) in [5.41, 5.74) is 0.266.